The Morgan fingerprint density at radius 3 is 2.57 bits per heavy atom. The van der Waals surface area contributed by atoms with E-state index in [1.54, 1.807) is 6.20 Å². The SMILES string of the molecule is CC(=CCn1ccnc1)c1ccc(-c2ccc(Br)cc2Br)cc1. The van der Waals surface area contributed by atoms with Gasteiger partial charge in [-0.25, -0.2) is 4.98 Å². The summed E-state index contributed by atoms with van der Waals surface area (Å²) in [5, 5.41) is 0. The van der Waals surface area contributed by atoms with E-state index in [2.05, 4.69) is 96.9 Å². The van der Waals surface area contributed by atoms with Crippen LogP contribution in [0, 0.1) is 0 Å². The molecule has 1 heterocycles. The molecule has 0 aliphatic heterocycles. The Balaban J connectivity index is 1.80. The van der Waals surface area contributed by atoms with Crippen LogP contribution in [-0.2, 0) is 6.54 Å². The molecule has 3 rings (SSSR count). The first-order valence-electron chi connectivity index (χ1n) is 7.32. The van der Waals surface area contributed by atoms with Crippen molar-refractivity contribution in [1.29, 1.82) is 0 Å². The topological polar surface area (TPSA) is 17.8 Å². The van der Waals surface area contributed by atoms with Crippen molar-refractivity contribution in [2.24, 2.45) is 0 Å². The van der Waals surface area contributed by atoms with Crippen LogP contribution in [0.2, 0.25) is 0 Å². The van der Waals surface area contributed by atoms with Gasteiger partial charge in [0, 0.05) is 27.9 Å². The van der Waals surface area contributed by atoms with Gasteiger partial charge in [0.05, 0.1) is 6.33 Å². The van der Waals surface area contributed by atoms with E-state index in [1.165, 1.54) is 22.3 Å². The molecule has 0 saturated heterocycles. The van der Waals surface area contributed by atoms with E-state index in [1.807, 2.05) is 12.5 Å². The number of benzene rings is 2. The van der Waals surface area contributed by atoms with Crippen LogP contribution < -0.4 is 0 Å². The summed E-state index contributed by atoms with van der Waals surface area (Å²) < 4.78 is 4.21. The highest BCUT2D eigenvalue weighted by Crippen LogP contribution is 2.31. The Bertz CT molecular complexity index is 819. The molecular formula is C19H16Br2N2. The maximum absolute atomic E-state index is 4.06. The number of hydrogen-bond acceptors (Lipinski definition) is 1. The molecule has 0 aliphatic carbocycles. The Morgan fingerprint density at radius 1 is 1.13 bits per heavy atom. The van der Waals surface area contributed by atoms with E-state index >= 15 is 0 Å². The summed E-state index contributed by atoms with van der Waals surface area (Å²) in [5.41, 5.74) is 4.90. The van der Waals surface area contributed by atoms with Crippen molar-refractivity contribution in [3.8, 4) is 11.1 Å². The summed E-state index contributed by atoms with van der Waals surface area (Å²) in [4.78, 5) is 4.06. The molecule has 1 aromatic heterocycles. The molecule has 0 spiro atoms. The highest BCUT2D eigenvalue weighted by molar-refractivity contribution is 9.11. The molecule has 0 amide bonds. The van der Waals surface area contributed by atoms with Crippen molar-refractivity contribution in [3.63, 3.8) is 0 Å². The quantitative estimate of drug-likeness (QED) is 0.482. The van der Waals surface area contributed by atoms with Gasteiger partial charge in [-0.2, -0.15) is 0 Å². The normalized spacial score (nSPS) is 11.7. The van der Waals surface area contributed by atoms with E-state index < -0.39 is 0 Å². The second-order valence-corrected chi connectivity index (χ2v) is 7.12. The molecule has 4 heteroatoms. The molecule has 0 atom stereocenters. The molecule has 2 aromatic carbocycles. The van der Waals surface area contributed by atoms with E-state index in [0.29, 0.717) is 0 Å². The average Bonchev–Trinajstić information content (AvgIpc) is 3.06. The second kappa shape index (κ2) is 7.28. The predicted octanol–water partition coefficient (Wildman–Crippen LogP) is 6.18. The first-order valence-corrected chi connectivity index (χ1v) is 8.90. The summed E-state index contributed by atoms with van der Waals surface area (Å²) in [6.45, 7) is 2.98. The Hall–Kier alpha value is -1.65. The first-order chi connectivity index (χ1) is 11.1. The smallest absolute Gasteiger partial charge is 0.0948 e. The van der Waals surface area contributed by atoms with Gasteiger partial charge in [0.15, 0.2) is 0 Å². The minimum Gasteiger partial charge on any atom is -0.334 e. The molecule has 116 valence electrons. The van der Waals surface area contributed by atoms with Crippen molar-refractivity contribution in [2.45, 2.75) is 13.5 Å². The fraction of sp³-hybridized carbons (Fsp3) is 0.105. The minimum atomic E-state index is 0.839. The van der Waals surface area contributed by atoms with Gasteiger partial charge in [-0.15, -0.1) is 0 Å². The maximum Gasteiger partial charge on any atom is 0.0948 e. The van der Waals surface area contributed by atoms with Crippen molar-refractivity contribution in [1.82, 2.24) is 9.55 Å². The number of rotatable bonds is 4. The standard InChI is InChI=1S/C19H16Br2N2/c1-14(8-10-23-11-9-22-13-23)15-2-4-16(5-3-15)18-7-6-17(20)12-19(18)21/h2-9,11-13H,10H2,1H3. The van der Waals surface area contributed by atoms with Crippen LogP contribution in [0.4, 0.5) is 0 Å². The molecule has 0 bridgehead atoms. The van der Waals surface area contributed by atoms with Crippen LogP contribution in [0.15, 0.2) is 76.2 Å². The number of aromatic nitrogens is 2. The third-order valence-corrected chi connectivity index (χ3v) is 4.90. The molecule has 0 unspecified atom stereocenters. The summed E-state index contributed by atoms with van der Waals surface area (Å²) in [6, 6.07) is 14.9. The van der Waals surface area contributed by atoms with Crippen LogP contribution in [0.1, 0.15) is 12.5 Å². The number of allylic oxidation sites excluding steroid dienone is 2. The molecular weight excluding hydrogens is 416 g/mol. The number of imidazole rings is 1. The lowest BCUT2D eigenvalue weighted by molar-refractivity contribution is 0.821. The predicted molar refractivity (Wildman–Crippen MR) is 103 cm³/mol. The molecule has 0 radical (unpaired) electrons. The summed E-state index contributed by atoms with van der Waals surface area (Å²) in [6.07, 6.45) is 7.82. The van der Waals surface area contributed by atoms with Gasteiger partial charge in [-0.05, 0) is 41.3 Å². The van der Waals surface area contributed by atoms with Crippen molar-refractivity contribution in [3.05, 3.63) is 81.8 Å². The highest BCUT2D eigenvalue weighted by Gasteiger charge is 2.04. The Kier molecular flexibility index (Phi) is 5.13. The number of nitrogens with zero attached hydrogens (tertiary/aromatic N) is 2. The number of halogens is 2. The first kappa shape index (κ1) is 16.2. The van der Waals surface area contributed by atoms with Crippen molar-refractivity contribution >= 4 is 37.4 Å². The molecule has 23 heavy (non-hydrogen) atoms. The largest absolute Gasteiger partial charge is 0.334 e. The van der Waals surface area contributed by atoms with Crippen LogP contribution in [0.3, 0.4) is 0 Å². The van der Waals surface area contributed by atoms with E-state index in [0.717, 1.165) is 15.5 Å². The van der Waals surface area contributed by atoms with E-state index in [4.69, 9.17) is 0 Å². The van der Waals surface area contributed by atoms with Crippen LogP contribution in [-0.4, -0.2) is 9.55 Å². The van der Waals surface area contributed by atoms with E-state index in [9.17, 15) is 0 Å². The van der Waals surface area contributed by atoms with Crippen LogP contribution in [0.25, 0.3) is 16.7 Å². The van der Waals surface area contributed by atoms with Gasteiger partial charge in [-0.3, -0.25) is 0 Å². The molecule has 0 aliphatic rings. The molecule has 3 aromatic rings. The maximum atomic E-state index is 4.06. The van der Waals surface area contributed by atoms with Gasteiger partial charge in [0.1, 0.15) is 0 Å². The zero-order valence-electron chi connectivity index (χ0n) is 12.7. The second-order valence-electron chi connectivity index (χ2n) is 5.35. The van der Waals surface area contributed by atoms with Gasteiger partial charge in [0.25, 0.3) is 0 Å². The zero-order valence-corrected chi connectivity index (χ0v) is 15.9. The van der Waals surface area contributed by atoms with Crippen molar-refractivity contribution < 1.29 is 0 Å². The summed E-state index contributed by atoms with van der Waals surface area (Å²) in [5.74, 6) is 0. The lowest BCUT2D eigenvalue weighted by atomic mass is 10.0. The summed E-state index contributed by atoms with van der Waals surface area (Å²) >= 11 is 7.12. The molecule has 0 N–H and O–H groups in total. The van der Waals surface area contributed by atoms with Gasteiger partial charge in [-0.1, -0.05) is 68.3 Å². The van der Waals surface area contributed by atoms with Crippen molar-refractivity contribution in [2.75, 3.05) is 0 Å². The van der Waals surface area contributed by atoms with Gasteiger partial charge >= 0.3 is 0 Å². The van der Waals surface area contributed by atoms with Gasteiger partial charge in [0.2, 0.25) is 0 Å². The fourth-order valence-corrected chi connectivity index (χ4v) is 3.67. The lowest BCUT2D eigenvalue weighted by Gasteiger charge is -2.08. The third kappa shape index (κ3) is 4.01. The Morgan fingerprint density at radius 2 is 1.91 bits per heavy atom. The average molecular weight is 432 g/mol. The van der Waals surface area contributed by atoms with Gasteiger partial charge < -0.3 is 4.57 Å². The molecule has 2 nitrogen and oxygen atoms in total. The monoisotopic (exact) mass is 430 g/mol. The molecule has 0 fully saturated rings. The molecule has 0 saturated carbocycles. The van der Waals surface area contributed by atoms with Crippen LogP contribution >= 0.6 is 31.9 Å². The van der Waals surface area contributed by atoms with E-state index in [-0.39, 0.29) is 0 Å². The lowest BCUT2D eigenvalue weighted by Crippen LogP contribution is -1.91. The minimum absolute atomic E-state index is 0.839. The number of hydrogen-bond donors (Lipinski definition) is 0. The van der Waals surface area contributed by atoms with Crippen LogP contribution in [0.5, 0.6) is 0 Å². The third-order valence-electron chi connectivity index (χ3n) is 3.75. The summed E-state index contributed by atoms with van der Waals surface area (Å²) in [7, 11) is 0. The zero-order chi connectivity index (χ0) is 16.2. The highest BCUT2D eigenvalue weighted by atomic mass is 79.9. The fourth-order valence-electron chi connectivity index (χ4n) is 2.39. The Labute approximate surface area is 153 Å².